The highest BCUT2D eigenvalue weighted by atomic mass is 16.5. The van der Waals surface area contributed by atoms with E-state index in [1.807, 2.05) is 30.3 Å². The largest absolute Gasteiger partial charge is 0.469 e. The Labute approximate surface area is 175 Å². The summed E-state index contributed by atoms with van der Waals surface area (Å²) in [6.45, 7) is 10.6. The number of rotatable bonds is 5. The second-order valence-electron chi connectivity index (χ2n) is 5.24. The summed E-state index contributed by atoms with van der Waals surface area (Å²) in [6.07, 6.45) is 2.05. The summed E-state index contributed by atoms with van der Waals surface area (Å²) in [5.74, 6) is -0.517. The molecule has 168 valence electrons. The van der Waals surface area contributed by atoms with Crippen LogP contribution >= 0.6 is 0 Å². The van der Waals surface area contributed by atoms with Gasteiger partial charge >= 0.3 is 17.9 Å². The lowest BCUT2D eigenvalue weighted by Crippen LogP contribution is -1.99. The van der Waals surface area contributed by atoms with Crippen LogP contribution in [0.4, 0.5) is 0 Å². The number of methoxy groups -OCH3 is 1. The van der Waals surface area contributed by atoms with Gasteiger partial charge in [0.1, 0.15) is 0 Å². The van der Waals surface area contributed by atoms with Crippen LogP contribution in [-0.4, -0.2) is 44.0 Å². The standard InChI is InChI=1S/C8H8O.C6H12O2.C4H8O2.C3H6O2.CH4/c1-7(9)8-5-3-2-4-6-8;1-3-4-5-8-6(2)7;1-3-6-4(2)5;1-3(4)5-2;/h2-6H,1H3;3-5H2,1-2H3;3H2,1-2H3;1-2H3;1H4. The predicted molar refractivity (Wildman–Crippen MR) is 115 cm³/mol. The third kappa shape index (κ3) is 36.9. The SMILES string of the molecule is C.CC(=O)c1ccccc1.CCCCOC(C)=O.CCOC(C)=O.COC(C)=O. The molecule has 0 fully saturated rings. The van der Waals surface area contributed by atoms with E-state index >= 15 is 0 Å². The van der Waals surface area contributed by atoms with Gasteiger partial charge in [-0.25, -0.2) is 0 Å². The minimum Gasteiger partial charge on any atom is -0.469 e. The first-order valence-electron chi connectivity index (χ1n) is 8.99. The van der Waals surface area contributed by atoms with Crippen LogP contribution in [0.2, 0.25) is 0 Å². The highest BCUT2D eigenvalue weighted by molar-refractivity contribution is 5.93. The number of carbonyl (C=O) groups excluding carboxylic acids is 4. The van der Waals surface area contributed by atoms with Crippen molar-refractivity contribution in [1.82, 2.24) is 0 Å². The molecule has 0 saturated carbocycles. The number of Topliss-reactive ketones (excluding diaryl/α,β-unsaturated/α-hetero) is 1. The minimum absolute atomic E-state index is 0. The van der Waals surface area contributed by atoms with Crippen LogP contribution in [0.3, 0.4) is 0 Å². The van der Waals surface area contributed by atoms with Crippen molar-refractivity contribution in [2.24, 2.45) is 0 Å². The summed E-state index contributed by atoms with van der Waals surface area (Å²) in [5.41, 5.74) is 0.775. The van der Waals surface area contributed by atoms with E-state index < -0.39 is 0 Å². The Kier molecular flexibility index (Phi) is 29.5. The molecule has 0 spiro atoms. The van der Waals surface area contributed by atoms with Gasteiger partial charge in [0.15, 0.2) is 5.78 Å². The summed E-state index contributed by atoms with van der Waals surface area (Å²) >= 11 is 0. The molecule has 0 N–H and O–H groups in total. The van der Waals surface area contributed by atoms with Crippen molar-refractivity contribution in [2.45, 2.75) is 61.8 Å². The van der Waals surface area contributed by atoms with Crippen molar-refractivity contribution in [3.8, 4) is 0 Å². The number of hydrogen-bond donors (Lipinski definition) is 0. The highest BCUT2D eigenvalue weighted by Gasteiger charge is 1.92. The van der Waals surface area contributed by atoms with Gasteiger partial charge in [-0.1, -0.05) is 51.1 Å². The first-order valence-corrected chi connectivity index (χ1v) is 8.99. The second kappa shape index (κ2) is 25.3. The Morgan fingerprint density at radius 3 is 1.45 bits per heavy atom. The molecule has 7 nitrogen and oxygen atoms in total. The van der Waals surface area contributed by atoms with Crippen LogP contribution in [0.15, 0.2) is 30.3 Å². The van der Waals surface area contributed by atoms with Crippen molar-refractivity contribution in [3.05, 3.63) is 35.9 Å². The second-order valence-corrected chi connectivity index (χ2v) is 5.24. The van der Waals surface area contributed by atoms with Crippen molar-refractivity contribution in [1.29, 1.82) is 0 Å². The Balaban J connectivity index is -0.000000146. The summed E-state index contributed by atoms with van der Waals surface area (Å²) in [7, 11) is 1.35. The molecule has 0 unspecified atom stereocenters. The van der Waals surface area contributed by atoms with Crippen LogP contribution in [0, 0.1) is 0 Å². The molecule has 0 bridgehead atoms. The number of unbranched alkanes of at least 4 members (excludes halogenated alkanes) is 1. The number of carbonyl (C=O) groups is 4. The normalized spacial score (nSPS) is 7.97. The molecule has 0 saturated heterocycles. The zero-order valence-electron chi connectivity index (χ0n) is 18.1. The van der Waals surface area contributed by atoms with Gasteiger partial charge in [-0.3, -0.25) is 19.2 Å². The summed E-state index contributed by atoms with van der Waals surface area (Å²) < 4.78 is 13.2. The van der Waals surface area contributed by atoms with Crippen molar-refractivity contribution >= 4 is 23.7 Å². The summed E-state index contributed by atoms with van der Waals surface area (Å²) in [6, 6.07) is 9.23. The van der Waals surface area contributed by atoms with E-state index in [-0.39, 0.29) is 31.1 Å². The summed E-state index contributed by atoms with van der Waals surface area (Å²) in [4.78, 5) is 40.2. The van der Waals surface area contributed by atoms with Crippen molar-refractivity contribution < 1.29 is 33.4 Å². The number of esters is 3. The first kappa shape index (κ1) is 33.9. The van der Waals surface area contributed by atoms with Crippen molar-refractivity contribution in [3.63, 3.8) is 0 Å². The molecule has 0 heterocycles. The van der Waals surface area contributed by atoms with E-state index in [0.29, 0.717) is 13.2 Å². The van der Waals surface area contributed by atoms with E-state index in [4.69, 9.17) is 0 Å². The maximum atomic E-state index is 10.6. The molecule has 7 heteroatoms. The van der Waals surface area contributed by atoms with Crippen LogP contribution in [0.5, 0.6) is 0 Å². The zero-order valence-corrected chi connectivity index (χ0v) is 18.1. The number of ether oxygens (including phenoxy) is 3. The van der Waals surface area contributed by atoms with Crippen molar-refractivity contribution in [2.75, 3.05) is 20.3 Å². The number of benzene rings is 1. The Morgan fingerprint density at radius 1 is 0.793 bits per heavy atom. The molecule has 1 aromatic rings. The average molecular weight is 415 g/mol. The fraction of sp³-hybridized carbons (Fsp3) is 0.545. The molecule has 0 aliphatic rings. The van der Waals surface area contributed by atoms with Crippen LogP contribution in [0.25, 0.3) is 0 Å². The molecule has 29 heavy (non-hydrogen) atoms. The van der Waals surface area contributed by atoms with Gasteiger partial charge in [-0.15, -0.1) is 0 Å². The molecule has 0 aromatic heterocycles. The lowest BCUT2D eigenvalue weighted by atomic mass is 10.2. The molecular formula is C22H38O7. The van der Waals surface area contributed by atoms with E-state index in [1.54, 1.807) is 13.8 Å². The third-order valence-electron chi connectivity index (χ3n) is 2.62. The van der Waals surface area contributed by atoms with E-state index in [1.165, 1.54) is 27.9 Å². The van der Waals surface area contributed by atoms with Gasteiger partial charge in [-0.05, 0) is 20.3 Å². The molecule has 1 aromatic carbocycles. The zero-order chi connectivity index (χ0) is 22.4. The maximum absolute atomic E-state index is 10.6. The van der Waals surface area contributed by atoms with Gasteiger partial charge in [0.2, 0.25) is 0 Å². The predicted octanol–water partition coefficient (Wildman–Crippen LogP) is 4.62. The minimum atomic E-state index is -0.245. The average Bonchev–Trinajstić information content (AvgIpc) is 2.64. The van der Waals surface area contributed by atoms with E-state index in [9.17, 15) is 19.2 Å². The molecule has 0 amide bonds. The fourth-order valence-corrected chi connectivity index (χ4v) is 1.24. The molecule has 1 rings (SSSR count). The Hall–Kier alpha value is -2.70. The van der Waals surface area contributed by atoms with E-state index in [0.717, 1.165) is 18.4 Å². The molecule has 0 aliphatic carbocycles. The fourth-order valence-electron chi connectivity index (χ4n) is 1.24. The number of ketones is 1. The molecule has 0 atom stereocenters. The summed E-state index contributed by atoms with van der Waals surface area (Å²) in [5, 5.41) is 0. The molecule has 0 aliphatic heterocycles. The van der Waals surface area contributed by atoms with Gasteiger partial charge in [0.25, 0.3) is 0 Å². The maximum Gasteiger partial charge on any atom is 0.302 e. The smallest absolute Gasteiger partial charge is 0.302 e. The molecular weight excluding hydrogens is 376 g/mol. The van der Waals surface area contributed by atoms with Gasteiger partial charge in [0.05, 0.1) is 20.3 Å². The van der Waals surface area contributed by atoms with Gasteiger partial charge in [0, 0.05) is 26.3 Å². The Bertz CT molecular complexity index is 539. The van der Waals surface area contributed by atoms with Gasteiger partial charge < -0.3 is 14.2 Å². The lowest BCUT2D eigenvalue weighted by Gasteiger charge is -1.96. The topological polar surface area (TPSA) is 96.0 Å². The quantitative estimate of drug-likeness (QED) is 0.300. The van der Waals surface area contributed by atoms with Crippen LogP contribution in [0.1, 0.15) is 72.2 Å². The Morgan fingerprint density at radius 2 is 1.24 bits per heavy atom. The highest BCUT2D eigenvalue weighted by Crippen LogP contribution is 1.97. The molecule has 0 radical (unpaired) electrons. The monoisotopic (exact) mass is 414 g/mol. The van der Waals surface area contributed by atoms with E-state index in [2.05, 4.69) is 21.1 Å². The van der Waals surface area contributed by atoms with Crippen LogP contribution in [-0.2, 0) is 28.6 Å². The third-order valence-corrected chi connectivity index (χ3v) is 2.62. The van der Waals surface area contributed by atoms with Crippen LogP contribution < -0.4 is 0 Å². The first-order chi connectivity index (χ1) is 13.1. The number of hydrogen-bond acceptors (Lipinski definition) is 7. The van der Waals surface area contributed by atoms with Gasteiger partial charge in [-0.2, -0.15) is 0 Å². The lowest BCUT2D eigenvalue weighted by molar-refractivity contribution is -0.141.